The van der Waals surface area contributed by atoms with Gasteiger partial charge in [0.25, 0.3) is 0 Å². The first-order chi connectivity index (χ1) is 20.9. The van der Waals surface area contributed by atoms with Crippen molar-refractivity contribution in [3.05, 3.63) is 101 Å². The normalized spacial score (nSPS) is 13.0. The van der Waals surface area contributed by atoms with Crippen LogP contribution in [0.3, 0.4) is 0 Å². The van der Waals surface area contributed by atoms with Gasteiger partial charge < -0.3 is 5.11 Å². The van der Waals surface area contributed by atoms with Crippen molar-refractivity contribution in [2.75, 3.05) is 0 Å². The molecule has 0 atom stereocenters. The number of rotatable bonds is 5. The van der Waals surface area contributed by atoms with E-state index < -0.39 is 0 Å². The van der Waals surface area contributed by atoms with Crippen LogP contribution in [0.15, 0.2) is 77.8 Å². The Hall–Kier alpha value is -3.76. The van der Waals surface area contributed by atoms with Crippen molar-refractivity contribution in [1.29, 1.82) is 0 Å². The predicted octanol–water partition coefficient (Wildman–Crippen LogP) is 12.1. The van der Waals surface area contributed by atoms with Crippen LogP contribution in [0.2, 0.25) is 0 Å². The number of phenols is 1. The molecule has 0 saturated carbocycles. The van der Waals surface area contributed by atoms with Crippen molar-refractivity contribution in [2.45, 2.75) is 98.3 Å². The molecule has 1 N–H and O–H groups in total. The van der Waals surface area contributed by atoms with Crippen molar-refractivity contribution < 1.29 is 5.11 Å². The Labute approximate surface area is 274 Å². The fourth-order valence-electron chi connectivity index (χ4n) is 5.51. The van der Waals surface area contributed by atoms with E-state index in [1.54, 1.807) is 11.3 Å². The molecule has 3 nitrogen and oxygen atoms in total. The highest BCUT2D eigenvalue weighted by Gasteiger charge is 2.25. The lowest BCUT2D eigenvalue weighted by molar-refractivity contribution is 0.444. The van der Waals surface area contributed by atoms with E-state index in [1.165, 1.54) is 27.0 Å². The molecule has 5 aromatic rings. The number of nitrogens with zero attached hydrogens (tertiary/aromatic N) is 2. The average molecular weight is 617 g/mol. The molecule has 234 valence electrons. The molecule has 5 rings (SSSR count). The Kier molecular flexibility index (Phi) is 8.61. The second-order valence-electron chi connectivity index (χ2n) is 15.7. The van der Waals surface area contributed by atoms with Crippen LogP contribution in [-0.2, 0) is 16.2 Å². The van der Waals surface area contributed by atoms with E-state index in [0.29, 0.717) is 11.7 Å². The number of aliphatic imine (C=N–C) groups is 1. The van der Waals surface area contributed by atoms with E-state index in [2.05, 4.69) is 131 Å². The number of aromatic nitrogens is 1. The lowest BCUT2D eigenvalue weighted by Crippen LogP contribution is -2.17. The largest absolute Gasteiger partial charge is 0.507 e. The number of fused-ring (bicyclic) bond motifs is 1. The summed E-state index contributed by atoms with van der Waals surface area (Å²) in [6.45, 7) is 24.3. The van der Waals surface area contributed by atoms with Gasteiger partial charge in [0, 0.05) is 28.5 Å². The zero-order valence-corrected chi connectivity index (χ0v) is 29.6. The minimum Gasteiger partial charge on any atom is -0.507 e. The molecule has 4 heteroatoms. The first kappa shape index (κ1) is 32.6. The zero-order chi connectivity index (χ0) is 32.9. The summed E-state index contributed by atoms with van der Waals surface area (Å²) in [4.78, 5) is 10.2. The molecule has 0 saturated heterocycles. The number of thiazole rings is 1. The third-order valence-corrected chi connectivity index (χ3v) is 9.58. The van der Waals surface area contributed by atoms with Gasteiger partial charge in [-0.15, -0.1) is 11.3 Å². The van der Waals surface area contributed by atoms with Gasteiger partial charge in [0.05, 0.1) is 15.9 Å². The summed E-state index contributed by atoms with van der Waals surface area (Å²) in [6.07, 6.45) is 1.81. The molecule has 0 aliphatic rings. The van der Waals surface area contributed by atoms with Crippen LogP contribution in [-0.4, -0.2) is 16.3 Å². The fourth-order valence-corrected chi connectivity index (χ4v) is 6.58. The summed E-state index contributed by atoms with van der Waals surface area (Å²) >= 11 is 1.71. The second kappa shape index (κ2) is 11.9. The van der Waals surface area contributed by atoms with E-state index in [9.17, 15) is 5.11 Å². The van der Waals surface area contributed by atoms with Gasteiger partial charge in [-0.05, 0) is 74.7 Å². The molecule has 0 bridgehead atoms. The molecule has 0 amide bonds. The molecule has 1 aromatic heterocycles. The van der Waals surface area contributed by atoms with Gasteiger partial charge in [-0.3, -0.25) is 4.99 Å². The topological polar surface area (TPSA) is 45.5 Å². The Morgan fingerprint density at radius 3 is 1.96 bits per heavy atom. The van der Waals surface area contributed by atoms with Crippen molar-refractivity contribution in [1.82, 2.24) is 4.98 Å². The summed E-state index contributed by atoms with van der Waals surface area (Å²) in [5, 5.41) is 12.3. The standard InChI is InChI=1S/C41H48N2OS/c1-25(2)26-16-18-27(19-17-26)32-21-30(40(6,7)8)23-35-36(32)43-38(45-35)31-14-12-13-15-34(31)42-24-28-20-29(39(3,4)5)22-33(37(28)44)41(9,10)11/h12-25,44H,1-11H3. The molecular formula is C41H48N2OS. The van der Waals surface area contributed by atoms with E-state index in [0.717, 1.165) is 38.5 Å². The third-order valence-electron chi connectivity index (χ3n) is 8.54. The van der Waals surface area contributed by atoms with Gasteiger partial charge in [0.1, 0.15) is 10.8 Å². The van der Waals surface area contributed by atoms with Crippen LogP contribution < -0.4 is 0 Å². The van der Waals surface area contributed by atoms with Crippen LogP contribution in [0.5, 0.6) is 5.75 Å². The maximum atomic E-state index is 11.4. The van der Waals surface area contributed by atoms with E-state index in [1.807, 2.05) is 24.4 Å². The summed E-state index contributed by atoms with van der Waals surface area (Å²) < 4.78 is 1.17. The highest BCUT2D eigenvalue weighted by Crippen LogP contribution is 2.42. The first-order valence-electron chi connectivity index (χ1n) is 16.0. The van der Waals surface area contributed by atoms with Crippen molar-refractivity contribution in [3.8, 4) is 27.4 Å². The number of phenolic OH excluding ortho intramolecular Hbond substituents is 1. The molecule has 4 aromatic carbocycles. The zero-order valence-electron chi connectivity index (χ0n) is 28.8. The quantitative estimate of drug-likeness (QED) is 0.200. The van der Waals surface area contributed by atoms with Gasteiger partial charge >= 0.3 is 0 Å². The molecule has 0 radical (unpaired) electrons. The predicted molar refractivity (Wildman–Crippen MR) is 196 cm³/mol. The molecular weight excluding hydrogens is 569 g/mol. The summed E-state index contributed by atoms with van der Waals surface area (Å²) in [5.41, 5.74) is 10.4. The highest BCUT2D eigenvalue weighted by atomic mass is 32.1. The minimum absolute atomic E-state index is 0.00265. The lowest BCUT2D eigenvalue weighted by atomic mass is 9.79. The number of hydrogen-bond donors (Lipinski definition) is 1. The fraction of sp³-hybridized carbons (Fsp3) is 0.366. The van der Waals surface area contributed by atoms with E-state index >= 15 is 0 Å². The maximum absolute atomic E-state index is 11.4. The Morgan fingerprint density at radius 2 is 1.36 bits per heavy atom. The number of benzene rings is 4. The number of aromatic hydroxyl groups is 1. The SMILES string of the molecule is CC(C)c1ccc(-c2cc(C(C)(C)C)cc3sc(-c4ccccc4N=Cc4cc(C(C)(C)C)cc(C(C)(C)C)c4O)nc23)cc1. The van der Waals surface area contributed by atoms with Gasteiger partial charge in [-0.1, -0.05) is 119 Å². The molecule has 0 spiro atoms. The van der Waals surface area contributed by atoms with E-state index in [-0.39, 0.29) is 16.2 Å². The molecule has 0 aliphatic carbocycles. The Balaban J connectivity index is 1.64. The molecule has 45 heavy (non-hydrogen) atoms. The summed E-state index contributed by atoms with van der Waals surface area (Å²) in [7, 11) is 0. The van der Waals surface area contributed by atoms with Crippen LogP contribution in [0, 0.1) is 0 Å². The van der Waals surface area contributed by atoms with Gasteiger partial charge in [0.2, 0.25) is 0 Å². The Bertz CT molecular complexity index is 1870. The molecule has 0 unspecified atom stereocenters. The van der Waals surface area contributed by atoms with Crippen LogP contribution in [0.1, 0.15) is 110 Å². The second-order valence-corrected chi connectivity index (χ2v) is 16.7. The van der Waals surface area contributed by atoms with Gasteiger partial charge in [-0.2, -0.15) is 0 Å². The Morgan fingerprint density at radius 1 is 0.733 bits per heavy atom. The average Bonchev–Trinajstić information content (AvgIpc) is 3.39. The van der Waals surface area contributed by atoms with E-state index in [4.69, 9.17) is 9.98 Å². The number of para-hydroxylation sites is 1. The van der Waals surface area contributed by atoms with Crippen LogP contribution in [0.25, 0.3) is 31.9 Å². The highest BCUT2D eigenvalue weighted by molar-refractivity contribution is 7.21. The third kappa shape index (κ3) is 6.92. The summed E-state index contributed by atoms with van der Waals surface area (Å²) in [6, 6.07) is 25.9. The molecule has 0 aliphatic heterocycles. The maximum Gasteiger partial charge on any atom is 0.128 e. The smallest absolute Gasteiger partial charge is 0.128 e. The van der Waals surface area contributed by atoms with Crippen molar-refractivity contribution in [2.24, 2.45) is 4.99 Å². The molecule has 0 fully saturated rings. The van der Waals surface area contributed by atoms with Crippen LogP contribution >= 0.6 is 11.3 Å². The first-order valence-corrected chi connectivity index (χ1v) is 16.8. The minimum atomic E-state index is -0.203. The van der Waals surface area contributed by atoms with Gasteiger partial charge in [-0.25, -0.2) is 4.98 Å². The van der Waals surface area contributed by atoms with Gasteiger partial charge in [0.15, 0.2) is 0 Å². The van der Waals surface area contributed by atoms with Crippen molar-refractivity contribution >= 4 is 33.5 Å². The number of hydrogen-bond acceptors (Lipinski definition) is 4. The monoisotopic (exact) mass is 616 g/mol. The summed E-state index contributed by atoms with van der Waals surface area (Å²) in [5.74, 6) is 0.778. The lowest BCUT2D eigenvalue weighted by Gasteiger charge is -2.27. The molecule has 1 heterocycles. The van der Waals surface area contributed by atoms with Crippen LogP contribution in [0.4, 0.5) is 5.69 Å². The van der Waals surface area contributed by atoms with Crippen molar-refractivity contribution in [3.63, 3.8) is 0 Å².